The van der Waals surface area contributed by atoms with Crippen LogP contribution in [0.2, 0.25) is 5.02 Å². The average Bonchev–Trinajstić information content (AvgIpc) is 2.70. The van der Waals surface area contributed by atoms with Gasteiger partial charge in [-0.1, -0.05) is 17.7 Å². The van der Waals surface area contributed by atoms with Crippen molar-refractivity contribution in [2.24, 2.45) is 5.92 Å². The van der Waals surface area contributed by atoms with E-state index >= 15 is 0 Å². The first-order chi connectivity index (χ1) is 8.08. The van der Waals surface area contributed by atoms with Crippen molar-refractivity contribution >= 4 is 17.4 Å². The van der Waals surface area contributed by atoms with Crippen molar-refractivity contribution in [2.75, 3.05) is 6.54 Å². The molecular formula is C13H15ClFNO. The molecule has 92 valence electrons. The molecule has 0 saturated carbocycles. The van der Waals surface area contributed by atoms with Crippen LogP contribution in [-0.4, -0.2) is 18.4 Å². The van der Waals surface area contributed by atoms with E-state index in [1.54, 1.807) is 6.07 Å². The van der Waals surface area contributed by atoms with Gasteiger partial charge in [0.15, 0.2) is 0 Å². The highest BCUT2D eigenvalue weighted by Gasteiger charge is 2.28. The molecule has 2 rings (SSSR count). The van der Waals surface area contributed by atoms with Crippen LogP contribution in [0.4, 0.5) is 4.39 Å². The maximum absolute atomic E-state index is 13.0. The number of carbonyl (C=O) groups is 1. The Morgan fingerprint density at radius 1 is 1.59 bits per heavy atom. The summed E-state index contributed by atoms with van der Waals surface area (Å²) < 4.78 is 13.0. The fraction of sp³-hybridized carbons (Fsp3) is 0.462. The van der Waals surface area contributed by atoms with Crippen LogP contribution in [0.5, 0.6) is 0 Å². The number of Topliss-reactive ketones (excluding diaryl/α,β-unsaturated/α-hetero) is 1. The van der Waals surface area contributed by atoms with E-state index in [0.29, 0.717) is 6.42 Å². The lowest BCUT2D eigenvalue weighted by molar-refractivity contribution is -0.122. The summed E-state index contributed by atoms with van der Waals surface area (Å²) in [5, 5.41) is 3.33. The van der Waals surface area contributed by atoms with E-state index in [0.717, 1.165) is 18.5 Å². The maximum atomic E-state index is 13.0. The van der Waals surface area contributed by atoms with Gasteiger partial charge >= 0.3 is 0 Å². The predicted octanol–water partition coefficient (Wildman–Crippen LogP) is 2.59. The van der Waals surface area contributed by atoms with Gasteiger partial charge in [0, 0.05) is 18.4 Å². The van der Waals surface area contributed by atoms with Crippen LogP contribution >= 0.6 is 11.6 Å². The highest BCUT2D eigenvalue weighted by molar-refractivity contribution is 6.30. The molecule has 1 fully saturated rings. The Bertz CT molecular complexity index is 435. The van der Waals surface area contributed by atoms with E-state index in [-0.39, 0.29) is 22.8 Å². The fourth-order valence-corrected chi connectivity index (χ4v) is 2.48. The number of hydrogen-bond donors (Lipinski definition) is 1. The Morgan fingerprint density at radius 2 is 2.35 bits per heavy atom. The molecule has 1 saturated heterocycles. The molecule has 2 atom stereocenters. The Kier molecular flexibility index (Phi) is 3.79. The first-order valence-electron chi connectivity index (χ1n) is 5.78. The second kappa shape index (κ2) is 5.15. The lowest BCUT2D eigenvalue weighted by Gasteiger charge is -2.13. The third-order valence-electron chi connectivity index (χ3n) is 3.30. The highest BCUT2D eigenvalue weighted by Crippen LogP contribution is 2.21. The molecule has 1 heterocycles. The molecule has 1 N–H and O–H groups in total. The van der Waals surface area contributed by atoms with Gasteiger partial charge in [0.2, 0.25) is 0 Å². The number of rotatable bonds is 3. The monoisotopic (exact) mass is 255 g/mol. The summed E-state index contributed by atoms with van der Waals surface area (Å²) >= 11 is 5.69. The van der Waals surface area contributed by atoms with Gasteiger partial charge < -0.3 is 5.32 Å². The Hall–Kier alpha value is -0.930. The minimum atomic E-state index is -0.446. The molecule has 2 unspecified atom stereocenters. The molecule has 0 radical (unpaired) electrons. The second-order valence-electron chi connectivity index (χ2n) is 4.53. The summed E-state index contributed by atoms with van der Waals surface area (Å²) in [4.78, 5) is 12.0. The Morgan fingerprint density at radius 3 is 2.94 bits per heavy atom. The zero-order valence-electron chi connectivity index (χ0n) is 9.67. The van der Waals surface area contributed by atoms with Gasteiger partial charge in [-0.25, -0.2) is 4.39 Å². The van der Waals surface area contributed by atoms with Crippen molar-refractivity contribution < 1.29 is 9.18 Å². The molecule has 1 aromatic carbocycles. The lowest BCUT2D eigenvalue weighted by Crippen LogP contribution is -2.29. The number of hydrogen-bond acceptors (Lipinski definition) is 2. The molecule has 0 aromatic heterocycles. The zero-order chi connectivity index (χ0) is 12.4. The predicted molar refractivity (Wildman–Crippen MR) is 65.7 cm³/mol. The fourth-order valence-electron chi connectivity index (χ4n) is 2.28. The van der Waals surface area contributed by atoms with Gasteiger partial charge in [0.25, 0.3) is 0 Å². The van der Waals surface area contributed by atoms with Gasteiger partial charge in [-0.2, -0.15) is 0 Å². The van der Waals surface area contributed by atoms with E-state index in [1.807, 2.05) is 6.92 Å². The van der Waals surface area contributed by atoms with Crippen LogP contribution in [-0.2, 0) is 11.2 Å². The minimum Gasteiger partial charge on any atom is -0.314 e. The van der Waals surface area contributed by atoms with Crippen LogP contribution < -0.4 is 5.32 Å². The third kappa shape index (κ3) is 2.85. The van der Waals surface area contributed by atoms with Crippen LogP contribution in [0.15, 0.2) is 18.2 Å². The first-order valence-corrected chi connectivity index (χ1v) is 6.16. The summed E-state index contributed by atoms with van der Waals surface area (Å²) in [5.74, 6) is -0.178. The van der Waals surface area contributed by atoms with E-state index < -0.39 is 5.82 Å². The van der Waals surface area contributed by atoms with E-state index in [1.165, 1.54) is 12.1 Å². The minimum absolute atomic E-state index is 0.0684. The molecule has 1 aliphatic heterocycles. The Balaban J connectivity index is 2.05. The van der Waals surface area contributed by atoms with Gasteiger partial charge in [-0.3, -0.25) is 4.79 Å². The zero-order valence-corrected chi connectivity index (χ0v) is 10.4. The molecule has 0 aliphatic carbocycles. The highest BCUT2D eigenvalue weighted by atomic mass is 35.5. The van der Waals surface area contributed by atoms with E-state index in [4.69, 9.17) is 11.6 Å². The van der Waals surface area contributed by atoms with Crippen LogP contribution in [0.25, 0.3) is 0 Å². The maximum Gasteiger partial charge on any atom is 0.141 e. The van der Waals surface area contributed by atoms with Crippen LogP contribution in [0.1, 0.15) is 18.9 Å². The molecule has 0 amide bonds. The SMILES string of the molecule is CC1NCCC1C(=O)Cc1ccc(F)c(Cl)c1. The summed E-state index contributed by atoms with van der Waals surface area (Å²) in [6.45, 7) is 2.91. The molecule has 4 heteroatoms. The number of halogens is 2. The second-order valence-corrected chi connectivity index (χ2v) is 4.94. The van der Waals surface area contributed by atoms with Crippen LogP contribution in [0, 0.1) is 11.7 Å². The molecule has 2 nitrogen and oxygen atoms in total. The normalized spacial score (nSPS) is 23.9. The first kappa shape index (κ1) is 12.5. The standard InChI is InChI=1S/C13H15ClFNO/c1-8-10(4-5-16-8)13(17)7-9-2-3-12(15)11(14)6-9/h2-3,6,8,10,16H,4-5,7H2,1H3. The molecule has 1 aromatic rings. The number of nitrogens with one attached hydrogen (secondary N) is 1. The van der Waals surface area contributed by atoms with Gasteiger partial charge in [-0.05, 0) is 37.6 Å². The largest absolute Gasteiger partial charge is 0.314 e. The van der Waals surface area contributed by atoms with Gasteiger partial charge in [-0.15, -0.1) is 0 Å². The van der Waals surface area contributed by atoms with Crippen molar-refractivity contribution in [1.82, 2.24) is 5.32 Å². The quantitative estimate of drug-likeness (QED) is 0.900. The third-order valence-corrected chi connectivity index (χ3v) is 3.59. The molecular weight excluding hydrogens is 241 g/mol. The molecule has 0 spiro atoms. The molecule has 1 aliphatic rings. The van der Waals surface area contributed by atoms with Gasteiger partial charge in [0.05, 0.1) is 5.02 Å². The molecule has 0 bridgehead atoms. The van der Waals surface area contributed by atoms with E-state index in [9.17, 15) is 9.18 Å². The van der Waals surface area contributed by atoms with E-state index in [2.05, 4.69) is 5.32 Å². The van der Waals surface area contributed by atoms with Gasteiger partial charge in [0.1, 0.15) is 11.6 Å². The van der Waals surface area contributed by atoms with Crippen molar-refractivity contribution in [2.45, 2.75) is 25.8 Å². The topological polar surface area (TPSA) is 29.1 Å². The van der Waals surface area contributed by atoms with Crippen molar-refractivity contribution in [1.29, 1.82) is 0 Å². The molecule has 17 heavy (non-hydrogen) atoms. The lowest BCUT2D eigenvalue weighted by atomic mass is 9.92. The van der Waals surface area contributed by atoms with Crippen LogP contribution in [0.3, 0.4) is 0 Å². The summed E-state index contributed by atoms with van der Waals surface area (Å²) in [7, 11) is 0. The van der Waals surface area contributed by atoms with Crippen molar-refractivity contribution in [3.63, 3.8) is 0 Å². The van der Waals surface area contributed by atoms with Crippen molar-refractivity contribution in [3.8, 4) is 0 Å². The Labute approximate surface area is 105 Å². The summed E-state index contributed by atoms with van der Waals surface area (Å²) in [6.07, 6.45) is 1.21. The van der Waals surface area contributed by atoms with Crippen molar-refractivity contribution in [3.05, 3.63) is 34.6 Å². The number of benzene rings is 1. The smallest absolute Gasteiger partial charge is 0.141 e. The summed E-state index contributed by atoms with van der Waals surface area (Å²) in [6, 6.07) is 4.69. The number of ketones is 1. The number of carbonyl (C=O) groups excluding carboxylic acids is 1. The summed E-state index contributed by atoms with van der Waals surface area (Å²) in [5.41, 5.74) is 0.778. The average molecular weight is 256 g/mol.